The van der Waals surface area contributed by atoms with E-state index in [-0.39, 0.29) is 18.4 Å². The lowest BCUT2D eigenvalue weighted by Crippen LogP contribution is -2.22. The summed E-state index contributed by atoms with van der Waals surface area (Å²) in [5.74, 6) is -0.378. The summed E-state index contributed by atoms with van der Waals surface area (Å²) in [5.41, 5.74) is 1.77. The third kappa shape index (κ3) is 4.64. The number of benzene rings is 2. The van der Waals surface area contributed by atoms with Crippen LogP contribution < -0.4 is 10.6 Å². The van der Waals surface area contributed by atoms with Crippen LogP contribution in [0.5, 0.6) is 0 Å². The number of amides is 2. The summed E-state index contributed by atoms with van der Waals surface area (Å²) >= 11 is 0. The second-order valence-electron chi connectivity index (χ2n) is 5.86. The molecule has 0 saturated heterocycles. The molecule has 0 aliphatic carbocycles. The zero-order chi connectivity index (χ0) is 19.9. The van der Waals surface area contributed by atoms with Crippen molar-refractivity contribution in [3.63, 3.8) is 0 Å². The molecule has 7 heteroatoms. The highest BCUT2D eigenvalue weighted by Gasteiger charge is 2.10. The van der Waals surface area contributed by atoms with E-state index in [1.54, 1.807) is 60.7 Å². The molecule has 1 aromatic heterocycles. The van der Waals surface area contributed by atoms with Gasteiger partial charge in [-0.3, -0.25) is 9.59 Å². The summed E-state index contributed by atoms with van der Waals surface area (Å²) < 4.78 is 9.79. The van der Waals surface area contributed by atoms with Crippen LogP contribution in [-0.2, 0) is 11.3 Å². The summed E-state index contributed by atoms with van der Waals surface area (Å²) in [6.45, 7) is 0.287. The molecule has 0 aliphatic heterocycles. The third-order valence-electron chi connectivity index (χ3n) is 3.98. The number of furan rings is 1. The standard InChI is InChI=1S/C21H18N2O5/c1-27-21(26)16-8-10-17(11-9-16)23-20(25)15-6-4-14(5-7-15)19(24)22-13-18-3-2-12-28-18/h2-12H,13H2,1H3,(H,22,24)(H,23,25). The number of hydrogen-bond acceptors (Lipinski definition) is 5. The van der Waals surface area contributed by atoms with E-state index in [2.05, 4.69) is 15.4 Å². The third-order valence-corrected chi connectivity index (χ3v) is 3.98. The van der Waals surface area contributed by atoms with Gasteiger partial charge in [0, 0.05) is 16.8 Å². The topological polar surface area (TPSA) is 97.6 Å². The average molecular weight is 378 g/mol. The second-order valence-corrected chi connectivity index (χ2v) is 5.86. The molecule has 2 N–H and O–H groups in total. The van der Waals surface area contributed by atoms with Gasteiger partial charge < -0.3 is 19.8 Å². The number of methoxy groups -OCH3 is 1. The zero-order valence-corrected chi connectivity index (χ0v) is 15.1. The van der Waals surface area contributed by atoms with Gasteiger partial charge >= 0.3 is 5.97 Å². The predicted octanol–water partition coefficient (Wildman–Crippen LogP) is 3.25. The van der Waals surface area contributed by atoms with E-state index in [1.165, 1.54) is 13.4 Å². The van der Waals surface area contributed by atoms with Crippen molar-refractivity contribution in [2.75, 3.05) is 12.4 Å². The molecule has 0 aliphatic rings. The Bertz CT molecular complexity index is 961. The van der Waals surface area contributed by atoms with E-state index in [9.17, 15) is 14.4 Å². The Morgan fingerprint density at radius 2 is 1.46 bits per heavy atom. The maximum atomic E-state index is 12.3. The molecule has 142 valence electrons. The van der Waals surface area contributed by atoms with Gasteiger partial charge in [0.25, 0.3) is 11.8 Å². The van der Waals surface area contributed by atoms with E-state index in [0.717, 1.165) is 0 Å². The Hall–Kier alpha value is -3.87. The maximum Gasteiger partial charge on any atom is 0.337 e. The number of carbonyl (C=O) groups is 3. The predicted molar refractivity (Wildman–Crippen MR) is 102 cm³/mol. The summed E-state index contributed by atoms with van der Waals surface area (Å²) in [6, 6.07) is 16.2. The average Bonchev–Trinajstić information content (AvgIpc) is 3.25. The van der Waals surface area contributed by atoms with Gasteiger partial charge in [-0.2, -0.15) is 0 Å². The highest BCUT2D eigenvalue weighted by molar-refractivity contribution is 6.05. The number of nitrogens with one attached hydrogen (secondary N) is 2. The Balaban J connectivity index is 1.58. The Labute approximate surface area is 161 Å². The molecule has 0 fully saturated rings. The quantitative estimate of drug-likeness (QED) is 0.642. The van der Waals surface area contributed by atoms with Crippen molar-refractivity contribution >= 4 is 23.5 Å². The Morgan fingerprint density at radius 3 is 2.04 bits per heavy atom. The minimum Gasteiger partial charge on any atom is -0.467 e. The normalized spacial score (nSPS) is 10.2. The van der Waals surface area contributed by atoms with Crippen LogP contribution in [0.15, 0.2) is 71.3 Å². The summed E-state index contributed by atoms with van der Waals surface area (Å²) in [4.78, 5) is 35.9. The molecule has 0 spiro atoms. The molecular weight excluding hydrogens is 360 g/mol. The van der Waals surface area contributed by atoms with Crippen molar-refractivity contribution in [1.29, 1.82) is 0 Å². The molecule has 1 heterocycles. The monoisotopic (exact) mass is 378 g/mol. The van der Waals surface area contributed by atoms with Crippen LogP contribution in [0, 0.1) is 0 Å². The molecule has 3 rings (SSSR count). The molecule has 0 saturated carbocycles. The first kappa shape index (κ1) is 18.9. The van der Waals surface area contributed by atoms with E-state index in [4.69, 9.17) is 4.42 Å². The molecule has 0 radical (unpaired) electrons. The number of rotatable bonds is 6. The van der Waals surface area contributed by atoms with Gasteiger partial charge in [0.05, 0.1) is 25.5 Å². The SMILES string of the molecule is COC(=O)c1ccc(NC(=O)c2ccc(C(=O)NCc3ccco3)cc2)cc1. The second kappa shape index (κ2) is 8.68. The van der Waals surface area contributed by atoms with Gasteiger partial charge in [0.2, 0.25) is 0 Å². The van der Waals surface area contributed by atoms with Gasteiger partial charge in [-0.15, -0.1) is 0 Å². The highest BCUT2D eigenvalue weighted by Crippen LogP contribution is 2.13. The van der Waals surface area contributed by atoms with Crippen molar-refractivity contribution < 1.29 is 23.5 Å². The number of ether oxygens (including phenoxy) is 1. The summed E-state index contributed by atoms with van der Waals surface area (Å²) in [6.07, 6.45) is 1.54. The molecule has 2 aromatic carbocycles. The van der Waals surface area contributed by atoms with Gasteiger partial charge in [0.15, 0.2) is 0 Å². The molecule has 0 unspecified atom stereocenters. The van der Waals surface area contributed by atoms with Crippen molar-refractivity contribution in [3.8, 4) is 0 Å². The molecule has 2 amide bonds. The van der Waals surface area contributed by atoms with Crippen LogP contribution in [0.2, 0.25) is 0 Å². The fourth-order valence-electron chi connectivity index (χ4n) is 2.47. The van der Waals surface area contributed by atoms with Crippen LogP contribution in [-0.4, -0.2) is 24.9 Å². The van der Waals surface area contributed by atoms with E-state index in [1.807, 2.05) is 0 Å². The van der Waals surface area contributed by atoms with Crippen molar-refractivity contribution in [1.82, 2.24) is 5.32 Å². The van der Waals surface area contributed by atoms with Crippen LogP contribution in [0.1, 0.15) is 36.8 Å². The largest absolute Gasteiger partial charge is 0.467 e. The minimum absolute atomic E-state index is 0.262. The van der Waals surface area contributed by atoms with Gasteiger partial charge in [0.1, 0.15) is 5.76 Å². The Morgan fingerprint density at radius 1 is 0.857 bits per heavy atom. The van der Waals surface area contributed by atoms with E-state index >= 15 is 0 Å². The zero-order valence-electron chi connectivity index (χ0n) is 15.1. The molecular formula is C21H18N2O5. The first-order valence-corrected chi connectivity index (χ1v) is 8.47. The maximum absolute atomic E-state index is 12.3. The first-order valence-electron chi connectivity index (χ1n) is 8.47. The minimum atomic E-state index is -0.446. The van der Waals surface area contributed by atoms with Crippen molar-refractivity contribution in [3.05, 3.63) is 89.4 Å². The molecule has 28 heavy (non-hydrogen) atoms. The fourth-order valence-corrected chi connectivity index (χ4v) is 2.47. The van der Waals surface area contributed by atoms with Gasteiger partial charge in [-0.05, 0) is 60.7 Å². The lowest BCUT2D eigenvalue weighted by atomic mass is 10.1. The van der Waals surface area contributed by atoms with Crippen LogP contribution in [0.25, 0.3) is 0 Å². The Kier molecular flexibility index (Phi) is 5.86. The first-order chi connectivity index (χ1) is 13.6. The van der Waals surface area contributed by atoms with E-state index < -0.39 is 5.97 Å². The van der Waals surface area contributed by atoms with Gasteiger partial charge in [-0.25, -0.2) is 4.79 Å². The molecule has 0 atom stereocenters. The number of esters is 1. The van der Waals surface area contributed by atoms with Crippen molar-refractivity contribution in [2.45, 2.75) is 6.54 Å². The summed E-state index contributed by atoms with van der Waals surface area (Å²) in [7, 11) is 1.30. The number of hydrogen-bond donors (Lipinski definition) is 2. The van der Waals surface area contributed by atoms with Crippen LogP contribution >= 0.6 is 0 Å². The molecule has 3 aromatic rings. The van der Waals surface area contributed by atoms with E-state index in [0.29, 0.717) is 28.1 Å². The number of anilines is 1. The summed E-state index contributed by atoms with van der Waals surface area (Å²) in [5, 5.41) is 5.47. The van der Waals surface area contributed by atoms with Crippen LogP contribution in [0.3, 0.4) is 0 Å². The lowest BCUT2D eigenvalue weighted by molar-refractivity contribution is 0.0600. The van der Waals surface area contributed by atoms with Crippen molar-refractivity contribution in [2.24, 2.45) is 0 Å². The molecule has 0 bridgehead atoms. The smallest absolute Gasteiger partial charge is 0.337 e. The molecule has 7 nitrogen and oxygen atoms in total. The van der Waals surface area contributed by atoms with Crippen LogP contribution in [0.4, 0.5) is 5.69 Å². The number of carbonyl (C=O) groups excluding carboxylic acids is 3. The fraction of sp³-hybridized carbons (Fsp3) is 0.0952. The highest BCUT2D eigenvalue weighted by atomic mass is 16.5. The van der Waals surface area contributed by atoms with Gasteiger partial charge in [-0.1, -0.05) is 0 Å². The lowest BCUT2D eigenvalue weighted by Gasteiger charge is -2.07.